The Labute approximate surface area is 175 Å². The van der Waals surface area contributed by atoms with Crippen LogP contribution in [0.1, 0.15) is 59.8 Å². The molecule has 2 aromatic rings. The van der Waals surface area contributed by atoms with Crippen molar-refractivity contribution in [2.45, 2.75) is 58.7 Å². The Balaban J connectivity index is 1.35. The first-order valence-electron chi connectivity index (χ1n) is 10.7. The first-order valence-corrected chi connectivity index (χ1v) is 11.6. The standard InChI is InChI=1S/C22H28N4O2S/c1-13-6-9-29-19(13)12-25-8-5-17-16(11-25)21(27)24-20(23-17)18-4-3-7-26(18)22(28)15-10-14(15)2/h6,9,14-15,18H,3-5,7-8,10-12H2,1-2H3,(H,23,24,27)/t14-,15+,18+/m0/s1. The van der Waals surface area contributed by atoms with Crippen molar-refractivity contribution in [3.8, 4) is 0 Å². The van der Waals surface area contributed by atoms with Crippen LogP contribution in [0.4, 0.5) is 0 Å². The molecular formula is C22H28N4O2S. The van der Waals surface area contributed by atoms with Crippen LogP contribution in [-0.4, -0.2) is 38.8 Å². The van der Waals surface area contributed by atoms with E-state index in [4.69, 9.17) is 4.98 Å². The normalized spacial score (nSPS) is 26.6. The highest BCUT2D eigenvalue weighted by atomic mass is 32.1. The van der Waals surface area contributed by atoms with Gasteiger partial charge < -0.3 is 9.88 Å². The van der Waals surface area contributed by atoms with E-state index in [1.54, 1.807) is 11.3 Å². The van der Waals surface area contributed by atoms with Gasteiger partial charge in [0.15, 0.2) is 0 Å². The molecule has 2 fully saturated rings. The van der Waals surface area contributed by atoms with Crippen molar-refractivity contribution < 1.29 is 4.79 Å². The van der Waals surface area contributed by atoms with Crippen molar-refractivity contribution in [2.24, 2.45) is 11.8 Å². The van der Waals surface area contributed by atoms with E-state index < -0.39 is 0 Å². The van der Waals surface area contributed by atoms with Crippen LogP contribution in [0.15, 0.2) is 16.2 Å². The van der Waals surface area contributed by atoms with Gasteiger partial charge in [-0.05, 0) is 49.1 Å². The number of aromatic nitrogens is 2. The molecule has 1 N–H and O–H groups in total. The second kappa shape index (κ2) is 7.36. The fourth-order valence-electron chi connectivity index (χ4n) is 4.76. The Hall–Kier alpha value is -1.99. The van der Waals surface area contributed by atoms with Gasteiger partial charge >= 0.3 is 0 Å². The molecule has 1 amide bonds. The lowest BCUT2D eigenvalue weighted by molar-refractivity contribution is -0.134. The summed E-state index contributed by atoms with van der Waals surface area (Å²) in [5.74, 6) is 1.61. The van der Waals surface area contributed by atoms with E-state index in [2.05, 4.69) is 35.2 Å². The third kappa shape index (κ3) is 3.55. The van der Waals surface area contributed by atoms with Gasteiger partial charge in [-0.2, -0.15) is 0 Å². The molecule has 0 bridgehead atoms. The Morgan fingerprint density at radius 2 is 2.21 bits per heavy atom. The Kier molecular flexibility index (Phi) is 4.82. The van der Waals surface area contributed by atoms with Crippen LogP contribution in [0.5, 0.6) is 0 Å². The molecule has 154 valence electrons. The van der Waals surface area contributed by atoms with E-state index in [9.17, 15) is 9.59 Å². The number of hydrogen-bond acceptors (Lipinski definition) is 5. The summed E-state index contributed by atoms with van der Waals surface area (Å²) >= 11 is 1.78. The van der Waals surface area contributed by atoms with Crippen LogP contribution in [0, 0.1) is 18.8 Å². The van der Waals surface area contributed by atoms with Crippen molar-refractivity contribution in [1.29, 1.82) is 0 Å². The average Bonchev–Trinajstić information content (AvgIpc) is 3.07. The fourth-order valence-corrected chi connectivity index (χ4v) is 5.70. The lowest BCUT2D eigenvalue weighted by Gasteiger charge is -2.29. The molecule has 1 saturated heterocycles. The Bertz CT molecular complexity index is 997. The summed E-state index contributed by atoms with van der Waals surface area (Å²) in [4.78, 5) is 39.3. The lowest BCUT2D eigenvalue weighted by Crippen LogP contribution is -2.38. The van der Waals surface area contributed by atoms with Gasteiger partial charge in [0.1, 0.15) is 5.82 Å². The zero-order chi connectivity index (χ0) is 20.1. The largest absolute Gasteiger partial charge is 0.332 e. The van der Waals surface area contributed by atoms with Crippen LogP contribution in [-0.2, 0) is 24.3 Å². The monoisotopic (exact) mass is 412 g/mol. The summed E-state index contributed by atoms with van der Waals surface area (Å²) in [6.45, 7) is 7.49. The molecule has 0 unspecified atom stereocenters. The number of aromatic amines is 1. The summed E-state index contributed by atoms with van der Waals surface area (Å²) in [5, 5.41) is 2.13. The third-order valence-electron chi connectivity index (χ3n) is 6.78. The number of hydrogen-bond donors (Lipinski definition) is 1. The van der Waals surface area contributed by atoms with Crippen LogP contribution in [0.25, 0.3) is 0 Å². The van der Waals surface area contributed by atoms with E-state index in [1.807, 2.05) is 4.90 Å². The predicted molar refractivity (Wildman–Crippen MR) is 113 cm³/mol. The van der Waals surface area contributed by atoms with Gasteiger partial charge in [0, 0.05) is 43.4 Å². The molecule has 5 rings (SSSR count). The van der Waals surface area contributed by atoms with Crippen molar-refractivity contribution in [2.75, 3.05) is 13.1 Å². The van der Waals surface area contributed by atoms with E-state index >= 15 is 0 Å². The summed E-state index contributed by atoms with van der Waals surface area (Å²) in [6.07, 6.45) is 3.65. The maximum atomic E-state index is 12.9. The molecule has 1 saturated carbocycles. The van der Waals surface area contributed by atoms with Crippen molar-refractivity contribution >= 4 is 17.2 Å². The van der Waals surface area contributed by atoms with E-state index in [0.29, 0.717) is 18.3 Å². The van der Waals surface area contributed by atoms with Gasteiger partial charge in [-0.1, -0.05) is 6.92 Å². The number of carbonyl (C=O) groups excluding carboxylic acids is 1. The summed E-state index contributed by atoms with van der Waals surface area (Å²) in [6, 6.07) is 2.08. The second-order valence-electron chi connectivity index (χ2n) is 8.87. The molecule has 2 aliphatic heterocycles. The molecule has 4 heterocycles. The number of nitrogens with zero attached hydrogens (tertiary/aromatic N) is 3. The summed E-state index contributed by atoms with van der Waals surface area (Å²) < 4.78 is 0. The molecule has 7 heteroatoms. The van der Waals surface area contributed by atoms with Gasteiger partial charge in [-0.3, -0.25) is 14.5 Å². The second-order valence-corrected chi connectivity index (χ2v) is 9.87. The maximum Gasteiger partial charge on any atom is 0.255 e. The smallest absolute Gasteiger partial charge is 0.255 e. The molecule has 0 radical (unpaired) electrons. The minimum Gasteiger partial charge on any atom is -0.332 e. The molecule has 6 nitrogen and oxygen atoms in total. The summed E-state index contributed by atoms with van der Waals surface area (Å²) in [7, 11) is 0. The first kappa shape index (κ1) is 19.0. The number of H-pyrrole nitrogens is 1. The molecule has 3 aliphatic rings. The fraction of sp³-hybridized carbons (Fsp3) is 0.591. The third-order valence-corrected chi connectivity index (χ3v) is 7.79. The predicted octanol–water partition coefficient (Wildman–Crippen LogP) is 3.02. The lowest BCUT2D eigenvalue weighted by atomic mass is 10.1. The summed E-state index contributed by atoms with van der Waals surface area (Å²) in [5.41, 5.74) is 3.00. The number of amides is 1. The van der Waals surface area contributed by atoms with Gasteiger partial charge in [0.25, 0.3) is 5.56 Å². The number of likely N-dealkylation sites (tertiary alicyclic amines) is 1. The van der Waals surface area contributed by atoms with E-state index in [0.717, 1.165) is 56.6 Å². The number of thiophene rings is 1. The molecule has 3 atom stereocenters. The van der Waals surface area contributed by atoms with E-state index in [1.165, 1.54) is 10.4 Å². The van der Waals surface area contributed by atoms with Gasteiger partial charge in [0.05, 0.1) is 17.3 Å². The van der Waals surface area contributed by atoms with Crippen LogP contribution in [0.2, 0.25) is 0 Å². The molecule has 0 spiro atoms. The molecular weight excluding hydrogens is 384 g/mol. The quantitative estimate of drug-likeness (QED) is 0.838. The van der Waals surface area contributed by atoms with Gasteiger partial charge in [-0.15, -0.1) is 11.3 Å². The van der Waals surface area contributed by atoms with Crippen LogP contribution in [0.3, 0.4) is 0 Å². The minimum absolute atomic E-state index is 0.0308. The minimum atomic E-state index is -0.0694. The van der Waals surface area contributed by atoms with Gasteiger partial charge in [0.2, 0.25) is 5.91 Å². The molecule has 0 aromatic carbocycles. The molecule has 29 heavy (non-hydrogen) atoms. The maximum absolute atomic E-state index is 12.9. The number of nitrogens with one attached hydrogen (secondary N) is 1. The molecule has 2 aromatic heterocycles. The van der Waals surface area contributed by atoms with Gasteiger partial charge in [-0.25, -0.2) is 4.98 Å². The Morgan fingerprint density at radius 3 is 2.93 bits per heavy atom. The number of fused-ring (bicyclic) bond motifs is 1. The number of aryl methyl sites for hydroxylation is 1. The Morgan fingerprint density at radius 1 is 1.38 bits per heavy atom. The van der Waals surface area contributed by atoms with E-state index in [-0.39, 0.29) is 23.4 Å². The highest BCUT2D eigenvalue weighted by molar-refractivity contribution is 7.10. The number of carbonyl (C=O) groups is 1. The first-order chi connectivity index (χ1) is 14.0. The topological polar surface area (TPSA) is 69.3 Å². The zero-order valence-corrected chi connectivity index (χ0v) is 17.9. The van der Waals surface area contributed by atoms with Crippen molar-refractivity contribution in [1.82, 2.24) is 19.8 Å². The van der Waals surface area contributed by atoms with Crippen LogP contribution < -0.4 is 5.56 Å². The highest BCUT2D eigenvalue weighted by Crippen LogP contribution is 2.42. The zero-order valence-electron chi connectivity index (χ0n) is 17.1. The average molecular weight is 413 g/mol. The molecule has 1 aliphatic carbocycles. The number of rotatable bonds is 4. The SMILES string of the molecule is Cc1ccsc1CN1CCc2nc([C@H]3CCCN3C(=O)[C@@H]3C[C@@H]3C)[nH]c(=O)c2C1. The van der Waals surface area contributed by atoms with Crippen LogP contribution >= 0.6 is 11.3 Å². The van der Waals surface area contributed by atoms with Crippen molar-refractivity contribution in [3.05, 3.63) is 49.3 Å². The van der Waals surface area contributed by atoms with Crippen molar-refractivity contribution in [3.63, 3.8) is 0 Å². The highest BCUT2D eigenvalue weighted by Gasteiger charge is 2.45.